The van der Waals surface area contributed by atoms with E-state index in [1.165, 1.54) is 14.2 Å². The molecule has 0 heterocycles. The normalized spacial score (nSPS) is 11.2. The van der Waals surface area contributed by atoms with Crippen molar-refractivity contribution in [3.8, 4) is 5.75 Å². The molecule has 0 aliphatic heterocycles. The van der Waals surface area contributed by atoms with Gasteiger partial charge in [-0.2, -0.15) is 0 Å². The van der Waals surface area contributed by atoms with Crippen LogP contribution in [0.25, 0.3) is 0 Å². The molecule has 7 heteroatoms. The number of urea groups is 1. The number of hydrogen-bond donors (Lipinski definition) is 2. The quantitative estimate of drug-likeness (QED) is 0.802. The van der Waals surface area contributed by atoms with Gasteiger partial charge in [0.25, 0.3) is 5.91 Å². The van der Waals surface area contributed by atoms with Crippen molar-refractivity contribution in [3.05, 3.63) is 65.2 Å². The monoisotopic (exact) mass is 356 g/mol. The standard InChI is InChI=1S/C19H20N2O5/c1-12-9-10-15(25-3)14(11-12)18(23)26-16(13-7-5-4-6-8-13)17(22)21-19(24)20-2/h4-11,16H,1-3H3,(H2,20,21,22,24)/t16-/m1/s1. The van der Waals surface area contributed by atoms with Gasteiger partial charge in [-0.1, -0.05) is 42.0 Å². The molecule has 0 spiro atoms. The van der Waals surface area contributed by atoms with E-state index >= 15 is 0 Å². The molecule has 2 N–H and O–H groups in total. The second kappa shape index (κ2) is 8.66. The third-order valence-corrected chi connectivity index (χ3v) is 3.60. The number of ether oxygens (including phenoxy) is 2. The Labute approximate surface area is 151 Å². The summed E-state index contributed by atoms with van der Waals surface area (Å²) in [5.74, 6) is -1.15. The van der Waals surface area contributed by atoms with Crippen LogP contribution in [0.2, 0.25) is 0 Å². The number of aryl methyl sites for hydroxylation is 1. The van der Waals surface area contributed by atoms with Crippen molar-refractivity contribution in [2.75, 3.05) is 14.2 Å². The molecule has 2 aromatic carbocycles. The summed E-state index contributed by atoms with van der Waals surface area (Å²) in [5, 5.41) is 4.41. The summed E-state index contributed by atoms with van der Waals surface area (Å²) in [6.45, 7) is 1.82. The van der Waals surface area contributed by atoms with Crippen LogP contribution < -0.4 is 15.4 Å². The summed E-state index contributed by atoms with van der Waals surface area (Å²) in [4.78, 5) is 36.5. The number of imide groups is 1. The Morgan fingerprint density at radius 2 is 1.73 bits per heavy atom. The summed E-state index contributed by atoms with van der Waals surface area (Å²) in [7, 11) is 2.82. The first-order chi connectivity index (χ1) is 12.5. The van der Waals surface area contributed by atoms with Gasteiger partial charge in [-0.15, -0.1) is 0 Å². The number of hydrogen-bond acceptors (Lipinski definition) is 5. The average Bonchev–Trinajstić information content (AvgIpc) is 2.66. The Morgan fingerprint density at radius 3 is 2.35 bits per heavy atom. The van der Waals surface area contributed by atoms with Gasteiger partial charge in [-0.05, 0) is 19.1 Å². The maximum Gasteiger partial charge on any atom is 0.343 e. The van der Waals surface area contributed by atoms with Crippen molar-refractivity contribution >= 4 is 17.9 Å². The van der Waals surface area contributed by atoms with Crippen molar-refractivity contribution < 1.29 is 23.9 Å². The van der Waals surface area contributed by atoms with Crippen LogP contribution in [0.3, 0.4) is 0 Å². The van der Waals surface area contributed by atoms with Crippen LogP contribution in [-0.2, 0) is 9.53 Å². The highest BCUT2D eigenvalue weighted by molar-refractivity contribution is 5.99. The van der Waals surface area contributed by atoms with Crippen molar-refractivity contribution in [3.63, 3.8) is 0 Å². The molecule has 2 aromatic rings. The van der Waals surface area contributed by atoms with Crippen LogP contribution in [0.1, 0.15) is 27.6 Å². The molecule has 2 rings (SSSR count). The SMILES string of the molecule is CNC(=O)NC(=O)[C@H](OC(=O)c1cc(C)ccc1OC)c1ccccc1. The Kier molecular flexibility index (Phi) is 6.32. The van der Waals surface area contributed by atoms with E-state index in [4.69, 9.17) is 9.47 Å². The molecule has 0 bridgehead atoms. The highest BCUT2D eigenvalue weighted by Gasteiger charge is 2.28. The number of methoxy groups -OCH3 is 1. The lowest BCUT2D eigenvalue weighted by molar-refractivity contribution is -0.129. The third kappa shape index (κ3) is 4.60. The summed E-state index contributed by atoms with van der Waals surface area (Å²) >= 11 is 0. The largest absolute Gasteiger partial charge is 0.496 e. The minimum absolute atomic E-state index is 0.196. The molecular formula is C19H20N2O5. The van der Waals surface area contributed by atoms with E-state index < -0.39 is 24.0 Å². The molecule has 0 saturated heterocycles. The first-order valence-electron chi connectivity index (χ1n) is 7.89. The Morgan fingerprint density at radius 1 is 1.04 bits per heavy atom. The van der Waals surface area contributed by atoms with Crippen LogP contribution in [0.4, 0.5) is 4.79 Å². The number of esters is 1. The van der Waals surface area contributed by atoms with Crippen molar-refractivity contribution in [2.45, 2.75) is 13.0 Å². The number of nitrogens with one attached hydrogen (secondary N) is 2. The van der Waals surface area contributed by atoms with E-state index in [1.54, 1.807) is 48.5 Å². The fourth-order valence-electron chi connectivity index (χ4n) is 2.29. The highest BCUT2D eigenvalue weighted by atomic mass is 16.6. The third-order valence-electron chi connectivity index (χ3n) is 3.60. The van der Waals surface area contributed by atoms with Gasteiger partial charge in [0, 0.05) is 12.6 Å². The van der Waals surface area contributed by atoms with Gasteiger partial charge in [-0.25, -0.2) is 9.59 Å². The van der Waals surface area contributed by atoms with Crippen LogP contribution >= 0.6 is 0 Å². The minimum Gasteiger partial charge on any atom is -0.496 e. The molecule has 26 heavy (non-hydrogen) atoms. The lowest BCUT2D eigenvalue weighted by Crippen LogP contribution is -2.41. The average molecular weight is 356 g/mol. The van der Waals surface area contributed by atoms with Gasteiger partial charge in [0.1, 0.15) is 11.3 Å². The van der Waals surface area contributed by atoms with Gasteiger partial charge in [0.2, 0.25) is 6.10 Å². The van der Waals surface area contributed by atoms with Crippen LogP contribution in [0, 0.1) is 6.92 Å². The molecule has 0 radical (unpaired) electrons. The van der Waals surface area contributed by atoms with Gasteiger partial charge in [-0.3, -0.25) is 10.1 Å². The van der Waals surface area contributed by atoms with E-state index in [1.807, 2.05) is 6.92 Å². The molecule has 0 unspecified atom stereocenters. The molecule has 0 aliphatic carbocycles. The molecular weight excluding hydrogens is 336 g/mol. The van der Waals surface area contributed by atoms with Crippen LogP contribution in [0.15, 0.2) is 48.5 Å². The Balaban J connectivity index is 2.32. The van der Waals surface area contributed by atoms with E-state index in [0.29, 0.717) is 11.3 Å². The lowest BCUT2D eigenvalue weighted by Gasteiger charge is -2.18. The molecule has 0 aromatic heterocycles. The second-order valence-corrected chi connectivity index (χ2v) is 5.47. The number of rotatable bonds is 5. The van der Waals surface area contributed by atoms with Crippen molar-refractivity contribution in [2.24, 2.45) is 0 Å². The smallest absolute Gasteiger partial charge is 0.343 e. The van der Waals surface area contributed by atoms with Crippen molar-refractivity contribution in [1.82, 2.24) is 10.6 Å². The zero-order chi connectivity index (χ0) is 19.1. The van der Waals surface area contributed by atoms with Gasteiger partial charge in [0.15, 0.2) is 0 Å². The number of carbonyl (C=O) groups is 3. The maximum atomic E-state index is 12.6. The Hall–Kier alpha value is -3.35. The summed E-state index contributed by atoms with van der Waals surface area (Å²) < 4.78 is 10.6. The molecule has 0 fully saturated rings. The number of benzene rings is 2. The van der Waals surface area contributed by atoms with Gasteiger partial charge < -0.3 is 14.8 Å². The summed E-state index contributed by atoms with van der Waals surface area (Å²) in [6.07, 6.45) is -1.29. The van der Waals surface area contributed by atoms with E-state index in [9.17, 15) is 14.4 Å². The van der Waals surface area contributed by atoms with Crippen molar-refractivity contribution in [1.29, 1.82) is 0 Å². The first-order valence-corrected chi connectivity index (χ1v) is 7.89. The molecule has 3 amide bonds. The second-order valence-electron chi connectivity index (χ2n) is 5.47. The lowest BCUT2D eigenvalue weighted by atomic mass is 10.1. The van der Waals surface area contributed by atoms with Crippen LogP contribution in [-0.4, -0.2) is 32.1 Å². The topological polar surface area (TPSA) is 93.7 Å². The van der Waals surface area contributed by atoms with E-state index in [0.717, 1.165) is 5.56 Å². The predicted octanol–water partition coefficient (Wildman–Crippen LogP) is 2.36. The Bertz CT molecular complexity index is 805. The van der Waals surface area contributed by atoms with Crippen LogP contribution in [0.5, 0.6) is 5.75 Å². The molecule has 0 saturated carbocycles. The maximum absolute atomic E-state index is 12.6. The molecule has 7 nitrogen and oxygen atoms in total. The van der Waals surface area contributed by atoms with E-state index in [2.05, 4.69) is 10.6 Å². The number of carbonyl (C=O) groups excluding carboxylic acids is 3. The fourth-order valence-corrected chi connectivity index (χ4v) is 2.29. The summed E-state index contributed by atoms with van der Waals surface area (Å²) in [5.41, 5.74) is 1.47. The zero-order valence-corrected chi connectivity index (χ0v) is 14.7. The minimum atomic E-state index is -1.29. The first kappa shape index (κ1) is 19.0. The van der Waals surface area contributed by atoms with Gasteiger partial charge >= 0.3 is 12.0 Å². The van der Waals surface area contributed by atoms with Gasteiger partial charge in [0.05, 0.1) is 7.11 Å². The molecule has 0 aliphatic rings. The predicted molar refractivity (Wildman–Crippen MR) is 94.9 cm³/mol. The zero-order valence-electron chi connectivity index (χ0n) is 14.7. The molecule has 1 atom stereocenters. The fraction of sp³-hybridized carbons (Fsp3) is 0.211. The number of amides is 3. The molecule has 136 valence electrons. The highest BCUT2D eigenvalue weighted by Crippen LogP contribution is 2.25. The van der Waals surface area contributed by atoms with E-state index in [-0.39, 0.29) is 5.56 Å². The summed E-state index contributed by atoms with van der Waals surface area (Å²) in [6, 6.07) is 12.8.